The smallest absolute Gasteiger partial charge is 0.263 e. The summed E-state index contributed by atoms with van der Waals surface area (Å²) in [7, 11) is 0. The van der Waals surface area contributed by atoms with Crippen molar-refractivity contribution in [1.82, 2.24) is 8.43 Å². The molecule has 0 bridgehead atoms. The molecule has 1 saturated carbocycles. The molecule has 1 N–H and O–H groups in total. The summed E-state index contributed by atoms with van der Waals surface area (Å²) in [6.07, 6.45) is 4.63. The number of nitrogens with zero attached hydrogens (tertiary/aromatic N) is 1. The minimum Gasteiger partial charge on any atom is -0.345 e. The summed E-state index contributed by atoms with van der Waals surface area (Å²) in [6.45, 7) is 1.05. The first-order valence-electron chi connectivity index (χ1n) is 7.41. The Morgan fingerprint density at radius 1 is 1.29 bits per heavy atom. The van der Waals surface area contributed by atoms with Crippen molar-refractivity contribution in [1.29, 1.82) is 0 Å². The van der Waals surface area contributed by atoms with Gasteiger partial charge in [0.25, 0.3) is 5.92 Å². The van der Waals surface area contributed by atoms with Crippen LogP contribution in [0.2, 0.25) is 0 Å². The first-order valence-corrected chi connectivity index (χ1v) is 8.38. The molecule has 0 radical (unpaired) electrons. The molecule has 2 fully saturated rings. The molecule has 0 aromatic rings. The molecule has 0 unspecified atom stereocenters. The Hall–Kier alpha value is -0.310. The van der Waals surface area contributed by atoms with Crippen LogP contribution in [0.25, 0.3) is 0 Å². The lowest BCUT2D eigenvalue weighted by atomic mass is 9.82. The van der Waals surface area contributed by atoms with Crippen molar-refractivity contribution in [3.63, 3.8) is 0 Å². The number of carbonyl (C=O) groups is 2. The lowest BCUT2D eigenvalue weighted by Crippen LogP contribution is -2.50. The van der Waals surface area contributed by atoms with Gasteiger partial charge in [-0.25, -0.2) is 11.9 Å². The first-order chi connectivity index (χ1) is 9.80. The van der Waals surface area contributed by atoms with Crippen LogP contribution in [0.15, 0.2) is 0 Å². The molecule has 1 saturated heterocycles. The van der Waals surface area contributed by atoms with Gasteiger partial charge in [-0.2, -0.15) is 0 Å². The van der Waals surface area contributed by atoms with Gasteiger partial charge in [0.2, 0.25) is 5.91 Å². The second kappa shape index (κ2) is 6.85. The van der Waals surface area contributed by atoms with Gasteiger partial charge in [0.15, 0.2) is 5.78 Å². The molecule has 7 heteroatoms. The molecule has 21 heavy (non-hydrogen) atoms. The van der Waals surface area contributed by atoms with E-state index in [4.69, 9.17) is 0 Å². The molecule has 1 amide bonds. The number of hydrogen-bond donors (Lipinski definition) is 1. The topological polar surface area (TPSA) is 49.4 Å². The van der Waals surface area contributed by atoms with Gasteiger partial charge in [-0.05, 0) is 25.7 Å². The summed E-state index contributed by atoms with van der Waals surface area (Å²) in [5.41, 5.74) is 0. The van der Waals surface area contributed by atoms with E-state index in [1.54, 1.807) is 22.9 Å². The molecule has 0 spiro atoms. The molecule has 1 aliphatic heterocycles. The van der Waals surface area contributed by atoms with Crippen molar-refractivity contribution in [2.24, 2.45) is 5.92 Å². The van der Waals surface area contributed by atoms with Crippen LogP contribution >= 0.6 is 22.9 Å². The molecule has 4 nitrogen and oxygen atoms in total. The summed E-state index contributed by atoms with van der Waals surface area (Å²) >= 11 is 1.76. The molecule has 1 heterocycles. The Morgan fingerprint density at radius 2 is 1.90 bits per heavy atom. The van der Waals surface area contributed by atoms with Gasteiger partial charge < -0.3 is 5.32 Å². The number of hydrogen-bond acceptors (Lipinski definition) is 3. The molecular weight excluding hydrogens is 393 g/mol. The minimum absolute atomic E-state index is 0.0833. The van der Waals surface area contributed by atoms with Crippen LogP contribution in [0, 0.1) is 5.92 Å². The molecule has 2 atom stereocenters. The van der Waals surface area contributed by atoms with Crippen LogP contribution in [-0.2, 0) is 9.59 Å². The standard InChI is InChI=1S/C14H21F2IN2O2/c1-9(20)12(10-5-3-2-4-6-10)18-13(21)11-7-14(15,16)8-19(11)17/h10-12H,2-8H2,1H3,(H,18,21)/t11-,12+/m0/s1. The van der Waals surface area contributed by atoms with E-state index in [1.165, 1.54) is 10.0 Å². The van der Waals surface area contributed by atoms with Gasteiger partial charge >= 0.3 is 0 Å². The maximum Gasteiger partial charge on any atom is 0.263 e. The summed E-state index contributed by atoms with van der Waals surface area (Å²) in [4.78, 5) is 24.1. The number of carbonyl (C=O) groups excluding carboxylic acids is 2. The summed E-state index contributed by atoms with van der Waals surface area (Å²) < 4.78 is 28.1. The van der Waals surface area contributed by atoms with Gasteiger partial charge in [0, 0.05) is 29.3 Å². The van der Waals surface area contributed by atoms with E-state index in [0.29, 0.717) is 0 Å². The van der Waals surface area contributed by atoms with Crippen molar-refractivity contribution in [2.45, 2.75) is 63.5 Å². The van der Waals surface area contributed by atoms with E-state index in [9.17, 15) is 18.4 Å². The van der Waals surface area contributed by atoms with Crippen LogP contribution in [-0.4, -0.2) is 39.4 Å². The Balaban J connectivity index is 2.00. The third-order valence-electron chi connectivity index (χ3n) is 4.37. The molecular formula is C14H21F2IN2O2. The van der Waals surface area contributed by atoms with E-state index >= 15 is 0 Å². The van der Waals surface area contributed by atoms with Crippen LogP contribution in [0.5, 0.6) is 0 Å². The van der Waals surface area contributed by atoms with Crippen molar-refractivity contribution >= 4 is 34.6 Å². The predicted molar refractivity (Wildman–Crippen MR) is 83.3 cm³/mol. The number of ketones is 1. The highest BCUT2D eigenvalue weighted by Crippen LogP contribution is 2.34. The van der Waals surface area contributed by atoms with Crippen molar-refractivity contribution < 1.29 is 18.4 Å². The number of alkyl halides is 2. The van der Waals surface area contributed by atoms with Crippen LogP contribution in [0.4, 0.5) is 8.78 Å². The molecule has 2 aliphatic rings. The Morgan fingerprint density at radius 3 is 2.38 bits per heavy atom. The average Bonchev–Trinajstić information content (AvgIpc) is 2.69. The summed E-state index contributed by atoms with van der Waals surface area (Å²) in [5.74, 6) is -3.23. The number of halogens is 3. The zero-order valence-corrected chi connectivity index (χ0v) is 14.2. The number of amides is 1. The van der Waals surface area contributed by atoms with Crippen LogP contribution < -0.4 is 5.32 Å². The van der Waals surface area contributed by atoms with Gasteiger partial charge in [-0.1, -0.05) is 19.3 Å². The second-order valence-electron chi connectivity index (χ2n) is 6.13. The maximum atomic E-state index is 13.4. The normalized spacial score (nSPS) is 28.3. The quantitative estimate of drug-likeness (QED) is 0.569. The van der Waals surface area contributed by atoms with E-state index in [-0.39, 0.29) is 11.7 Å². The largest absolute Gasteiger partial charge is 0.345 e. The Bertz CT molecular complexity index is 414. The van der Waals surface area contributed by atoms with E-state index in [1.807, 2.05) is 0 Å². The van der Waals surface area contributed by atoms with Crippen molar-refractivity contribution in [3.8, 4) is 0 Å². The molecule has 2 rings (SSSR count). The Labute approximate surface area is 137 Å². The SMILES string of the molecule is CC(=O)[C@@H](NC(=O)[C@@H]1CC(F)(F)CN1I)C1CCCCC1. The van der Waals surface area contributed by atoms with Gasteiger partial charge in [0.1, 0.15) is 6.04 Å². The number of Topliss-reactive ketones (excluding diaryl/α,β-unsaturated/α-hetero) is 1. The highest BCUT2D eigenvalue weighted by atomic mass is 127. The summed E-state index contributed by atoms with van der Waals surface area (Å²) in [5, 5.41) is 2.73. The fourth-order valence-corrected chi connectivity index (χ4v) is 4.21. The van der Waals surface area contributed by atoms with Crippen molar-refractivity contribution in [3.05, 3.63) is 0 Å². The van der Waals surface area contributed by atoms with Gasteiger partial charge in [-0.15, -0.1) is 0 Å². The zero-order valence-electron chi connectivity index (χ0n) is 12.1. The highest BCUT2D eigenvalue weighted by Gasteiger charge is 2.48. The van der Waals surface area contributed by atoms with E-state index in [0.717, 1.165) is 32.1 Å². The highest BCUT2D eigenvalue weighted by molar-refractivity contribution is 14.1. The van der Waals surface area contributed by atoms with E-state index < -0.39 is 36.9 Å². The average molecular weight is 414 g/mol. The lowest BCUT2D eigenvalue weighted by Gasteiger charge is -2.30. The summed E-state index contributed by atoms with van der Waals surface area (Å²) in [6, 6.07) is -1.39. The monoisotopic (exact) mass is 414 g/mol. The maximum absolute atomic E-state index is 13.4. The first kappa shape index (κ1) is 17.1. The zero-order chi connectivity index (χ0) is 15.6. The van der Waals surface area contributed by atoms with E-state index in [2.05, 4.69) is 5.32 Å². The number of nitrogens with one attached hydrogen (secondary N) is 1. The minimum atomic E-state index is -2.83. The van der Waals surface area contributed by atoms with Crippen LogP contribution in [0.3, 0.4) is 0 Å². The third kappa shape index (κ3) is 4.34. The Kier molecular flexibility index (Phi) is 5.56. The van der Waals surface area contributed by atoms with Crippen molar-refractivity contribution in [2.75, 3.05) is 6.54 Å². The number of rotatable bonds is 4. The molecule has 0 aromatic carbocycles. The fourth-order valence-electron chi connectivity index (χ4n) is 3.27. The van der Waals surface area contributed by atoms with Gasteiger partial charge in [-0.3, -0.25) is 9.59 Å². The fraction of sp³-hybridized carbons (Fsp3) is 0.857. The second-order valence-corrected chi connectivity index (χ2v) is 7.37. The predicted octanol–water partition coefficient (Wildman–Crippen LogP) is 2.70. The lowest BCUT2D eigenvalue weighted by molar-refractivity contribution is -0.130. The molecule has 1 aliphatic carbocycles. The van der Waals surface area contributed by atoms with Crippen LogP contribution in [0.1, 0.15) is 45.4 Å². The molecule has 120 valence electrons. The third-order valence-corrected chi connectivity index (χ3v) is 5.39. The van der Waals surface area contributed by atoms with Gasteiger partial charge in [0.05, 0.1) is 12.6 Å². The molecule has 0 aromatic heterocycles.